The van der Waals surface area contributed by atoms with Crippen LogP contribution in [0, 0.1) is 12.8 Å². The van der Waals surface area contributed by atoms with E-state index in [1.807, 2.05) is 41.5 Å². The molecule has 4 nitrogen and oxygen atoms in total. The Morgan fingerprint density at radius 2 is 1.93 bits per heavy atom. The molecule has 0 aliphatic carbocycles. The summed E-state index contributed by atoms with van der Waals surface area (Å²) < 4.78 is 24.7. The number of hydrogen-bond donors (Lipinski definition) is 0. The molecule has 1 aromatic carbocycles. The largest absolute Gasteiger partial charge is 0.338 e. The van der Waals surface area contributed by atoms with Crippen LogP contribution in [0.1, 0.15) is 47.3 Å². The Labute approximate surface area is 166 Å². The quantitative estimate of drug-likeness (QED) is 0.605. The third-order valence-corrected chi connectivity index (χ3v) is 7.88. The predicted molar refractivity (Wildman–Crippen MR) is 110 cm³/mol. The molecule has 2 heterocycles. The van der Waals surface area contributed by atoms with Crippen LogP contribution in [0.25, 0.3) is 0 Å². The molecule has 3 rings (SSSR count). The SMILES string of the molecule is Cc1ccc(S(=O)(=O)CCCCCC2CCN(C(=O)c3cccs3)C2)cc1. The third-order valence-electron chi connectivity index (χ3n) is 5.21. The number of sulfone groups is 1. The maximum Gasteiger partial charge on any atom is 0.263 e. The van der Waals surface area contributed by atoms with E-state index in [-0.39, 0.29) is 11.7 Å². The van der Waals surface area contributed by atoms with Gasteiger partial charge in [-0.2, -0.15) is 0 Å². The number of aryl methyl sites for hydroxylation is 1. The van der Waals surface area contributed by atoms with Crippen LogP contribution in [0.5, 0.6) is 0 Å². The van der Waals surface area contributed by atoms with Crippen LogP contribution < -0.4 is 0 Å². The lowest BCUT2D eigenvalue weighted by Gasteiger charge is -2.15. The van der Waals surface area contributed by atoms with Crippen LogP contribution in [-0.4, -0.2) is 38.1 Å². The van der Waals surface area contributed by atoms with Crippen molar-refractivity contribution in [1.82, 2.24) is 4.90 Å². The number of unbranched alkanes of at least 4 members (excludes halogenated alkanes) is 2. The van der Waals surface area contributed by atoms with E-state index in [1.165, 1.54) is 11.3 Å². The smallest absolute Gasteiger partial charge is 0.263 e. The molecule has 0 saturated carbocycles. The van der Waals surface area contributed by atoms with Crippen LogP contribution in [0.15, 0.2) is 46.7 Å². The lowest BCUT2D eigenvalue weighted by Crippen LogP contribution is -2.27. The lowest BCUT2D eigenvalue weighted by atomic mass is 10.0. The van der Waals surface area contributed by atoms with Gasteiger partial charge >= 0.3 is 0 Å². The van der Waals surface area contributed by atoms with E-state index < -0.39 is 9.84 Å². The average Bonchev–Trinajstić information content (AvgIpc) is 3.33. The molecule has 1 aliphatic heterocycles. The number of hydrogen-bond acceptors (Lipinski definition) is 4. The Morgan fingerprint density at radius 1 is 1.15 bits per heavy atom. The first-order chi connectivity index (χ1) is 13.0. The zero-order chi connectivity index (χ0) is 19.3. The van der Waals surface area contributed by atoms with Crippen molar-refractivity contribution in [2.45, 2.75) is 43.9 Å². The number of rotatable bonds is 8. The van der Waals surface area contributed by atoms with Crippen LogP contribution in [0.3, 0.4) is 0 Å². The van der Waals surface area contributed by atoms with Gasteiger partial charge in [-0.05, 0) is 55.7 Å². The first-order valence-corrected chi connectivity index (χ1v) is 12.1. The normalized spacial score (nSPS) is 17.4. The van der Waals surface area contributed by atoms with Crippen molar-refractivity contribution in [3.63, 3.8) is 0 Å². The Morgan fingerprint density at radius 3 is 2.63 bits per heavy atom. The van der Waals surface area contributed by atoms with Crippen LogP contribution in [0.4, 0.5) is 0 Å². The summed E-state index contributed by atoms with van der Waals surface area (Å²) in [5, 5.41) is 1.94. The second-order valence-electron chi connectivity index (χ2n) is 7.36. The summed E-state index contributed by atoms with van der Waals surface area (Å²) in [6.45, 7) is 3.62. The molecule has 0 bridgehead atoms. The van der Waals surface area contributed by atoms with Gasteiger partial charge in [0, 0.05) is 13.1 Å². The molecule has 6 heteroatoms. The number of likely N-dealkylation sites (tertiary alicyclic amines) is 1. The third kappa shape index (κ3) is 5.42. The molecule has 146 valence electrons. The molecular formula is C21H27NO3S2. The number of nitrogens with zero attached hydrogens (tertiary/aromatic N) is 1. The number of amides is 1. The van der Waals surface area contributed by atoms with Gasteiger partial charge in [-0.15, -0.1) is 11.3 Å². The summed E-state index contributed by atoms with van der Waals surface area (Å²) in [7, 11) is -3.17. The number of carbonyl (C=O) groups excluding carboxylic acids is 1. The van der Waals surface area contributed by atoms with Crippen molar-refractivity contribution in [2.75, 3.05) is 18.8 Å². The van der Waals surface area contributed by atoms with Gasteiger partial charge in [-0.25, -0.2) is 8.42 Å². The van der Waals surface area contributed by atoms with E-state index in [4.69, 9.17) is 0 Å². The van der Waals surface area contributed by atoms with E-state index in [0.717, 1.165) is 49.2 Å². The van der Waals surface area contributed by atoms with Gasteiger partial charge < -0.3 is 4.90 Å². The van der Waals surface area contributed by atoms with Crippen LogP contribution in [0.2, 0.25) is 0 Å². The van der Waals surface area contributed by atoms with Crippen molar-refractivity contribution in [1.29, 1.82) is 0 Å². The minimum Gasteiger partial charge on any atom is -0.338 e. The van der Waals surface area contributed by atoms with Crippen molar-refractivity contribution in [3.05, 3.63) is 52.2 Å². The molecule has 1 aromatic heterocycles. The Hall–Kier alpha value is -1.66. The Balaban J connectivity index is 1.36. The van der Waals surface area contributed by atoms with Crippen molar-refractivity contribution in [2.24, 2.45) is 5.92 Å². The number of carbonyl (C=O) groups is 1. The Bertz CT molecular complexity index is 842. The summed E-state index contributed by atoms with van der Waals surface area (Å²) in [5.74, 6) is 0.906. The molecular weight excluding hydrogens is 378 g/mol. The summed E-state index contributed by atoms with van der Waals surface area (Å²) in [4.78, 5) is 15.6. The molecule has 1 unspecified atom stereocenters. The number of thiophene rings is 1. The summed E-state index contributed by atoms with van der Waals surface area (Å²) in [6, 6.07) is 10.9. The molecule has 0 spiro atoms. The van der Waals surface area contributed by atoms with Gasteiger partial charge in [0.1, 0.15) is 0 Å². The monoisotopic (exact) mass is 405 g/mol. The fraction of sp³-hybridized carbons (Fsp3) is 0.476. The Kier molecular flexibility index (Phi) is 6.71. The van der Waals surface area contributed by atoms with E-state index in [0.29, 0.717) is 17.2 Å². The highest BCUT2D eigenvalue weighted by atomic mass is 32.2. The summed E-state index contributed by atoms with van der Waals surface area (Å²) >= 11 is 1.50. The van der Waals surface area contributed by atoms with Gasteiger partial charge in [0.2, 0.25) is 0 Å². The fourth-order valence-electron chi connectivity index (χ4n) is 3.57. The molecule has 27 heavy (non-hydrogen) atoms. The lowest BCUT2D eigenvalue weighted by molar-refractivity contribution is 0.0791. The first-order valence-electron chi connectivity index (χ1n) is 9.58. The molecule has 1 fully saturated rings. The summed E-state index contributed by atoms with van der Waals surface area (Å²) in [5.41, 5.74) is 1.07. The topological polar surface area (TPSA) is 54.5 Å². The van der Waals surface area contributed by atoms with Gasteiger partial charge in [-0.1, -0.05) is 36.6 Å². The van der Waals surface area contributed by atoms with Gasteiger partial charge in [0.05, 0.1) is 15.5 Å². The molecule has 2 aromatic rings. The van der Waals surface area contributed by atoms with Crippen molar-refractivity contribution >= 4 is 27.1 Å². The second-order valence-corrected chi connectivity index (χ2v) is 10.4. The molecule has 0 radical (unpaired) electrons. The molecule has 1 atom stereocenters. The molecule has 0 N–H and O–H groups in total. The van der Waals surface area contributed by atoms with E-state index in [2.05, 4.69) is 0 Å². The van der Waals surface area contributed by atoms with Crippen LogP contribution in [-0.2, 0) is 9.84 Å². The van der Waals surface area contributed by atoms with E-state index in [9.17, 15) is 13.2 Å². The standard InChI is InChI=1S/C21H27NO3S2/c1-17-8-10-19(11-9-17)27(24,25)15-4-2-3-6-18-12-13-22(16-18)21(23)20-7-5-14-26-20/h5,7-11,14,18H,2-4,6,12-13,15-16H2,1H3. The number of benzene rings is 1. The summed E-state index contributed by atoms with van der Waals surface area (Å²) in [6.07, 6.45) is 4.76. The highest BCUT2D eigenvalue weighted by Crippen LogP contribution is 2.25. The van der Waals surface area contributed by atoms with Gasteiger partial charge in [0.15, 0.2) is 9.84 Å². The molecule has 1 aliphatic rings. The van der Waals surface area contributed by atoms with E-state index in [1.54, 1.807) is 12.1 Å². The highest BCUT2D eigenvalue weighted by molar-refractivity contribution is 7.91. The average molecular weight is 406 g/mol. The fourth-order valence-corrected chi connectivity index (χ4v) is 5.64. The maximum atomic E-state index is 12.4. The van der Waals surface area contributed by atoms with Crippen LogP contribution >= 0.6 is 11.3 Å². The van der Waals surface area contributed by atoms with Crippen molar-refractivity contribution in [3.8, 4) is 0 Å². The van der Waals surface area contributed by atoms with E-state index >= 15 is 0 Å². The maximum absolute atomic E-state index is 12.4. The van der Waals surface area contributed by atoms with Gasteiger partial charge in [0.25, 0.3) is 5.91 Å². The first kappa shape index (κ1) is 20.1. The zero-order valence-electron chi connectivity index (χ0n) is 15.8. The second kappa shape index (κ2) is 9.02. The van der Waals surface area contributed by atoms with Gasteiger partial charge in [-0.3, -0.25) is 4.79 Å². The minimum atomic E-state index is -3.17. The molecule has 1 saturated heterocycles. The minimum absolute atomic E-state index is 0.150. The highest BCUT2D eigenvalue weighted by Gasteiger charge is 2.27. The predicted octanol–water partition coefficient (Wildman–Crippen LogP) is 4.55. The molecule has 1 amide bonds. The zero-order valence-corrected chi connectivity index (χ0v) is 17.4. The van der Waals surface area contributed by atoms with Crippen molar-refractivity contribution < 1.29 is 13.2 Å².